The van der Waals surface area contributed by atoms with E-state index in [2.05, 4.69) is 0 Å². The van der Waals surface area contributed by atoms with Crippen molar-refractivity contribution in [2.45, 2.75) is 44.9 Å². The third kappa shape index (κ3) is 4.96. The Bertz CT molecular complexity index is 1250. The van der Waals surface area contributed by atoms with E-state index in [1.165, 1.54) is 12.0 Å². The SMILES string of the molecule is COC(=O)N(C(Cc1ccc(C(=O)OC(C)(C)C)cc1)C(=O)O)C1c2ccccc2-c2ccccc21. The van der Waals surface area contributed by atoms with Gasteiger partial charge < -0.3 is 14.6 Å². The number of nitrogens with zero attached hydrogens (tertiary/aromatic N) is 1. The first-order valence-electron chi connectivity index (χ1n) is 11.7. The molecule has 7 nitrogen and oxygen atoms in total. The highest BCUT2D eigenvalue weighted by atomic mass is 16.6. The van der Waals surface area contributed by atoms with Gasteiger partial charge in [-0.2, -0.15) is 0 Å². The number of carboxylic acids is 1. The minimum Gasteiger partial charge on any atom is -0.480 e. The van der Waals surface area contributed by atoms with Crippen molar-refractivity contribution in [2.75, 3.05) is 7.11 Å². The largest absolute Gasteiger partial charge is 0.480 e. The number of carbonyl (C=O) groups excluding carboxylic acids is 2. The molecule has 1 amide bonds. The second kappa shape index (κ2) is 9.85. The van der Waals surface area contributed by atoms with Crippen LogP contribution in [0.1, 0.15) is 53.9 Å². The molecule has 1 unspecified atom stereocenters. The zero-order valence-electron chi connectivity index (χ0n) is 20.7. The van der Waals surface area contributed by atoms with Gasteiger partial charge in [0, 0.05) is 6.42 Å². The van der Waals surface area contributed by atoms with E-state index in [4.69, 9.17) is 9.47 Å². The van der Waals surface area contributed by atoms with E-state index >= 15 is 0 Å². The number of methoxy groups -OCH3 is 1. The highest BCUT2D eigenvalue weighted by molar-refractivity contribution is 5.90. The number of rotatable bonds is 6. The summed E-state index contributed by atoms with van der Waals surface area (Å²) in [6.45, 7) is 5.37. The van der Waals surface area contributed by atoms with Gasteiger partial charge in [0.05, 0.1) is 18.7 Å². The van der Waals surface area contributed by atoms with Crippen LogP contribution >= 0.6 is 0 Å². The Hall–Kier alpha value is -4.13. The van der Waals surface area contributed by atoms with Crippen LogP contribution in [0.25, 0.3) is 11.1 Å². The van der Waals surface area contributed by atoms with Crippen molar-refractivity contribution in [2.24, 2.45) is 0 Å². The van der Waals surface area contributed by atoms with Crippen molar-refractivity contribution >= 4 is 18.0 Å². The molecular formula is C29H29NO6. The molecule has 36 heavy (non-hydrogen) atoms. The van der Waals surface area contributed by atoms with Crippen LogP contribution in [0.5, 0.6) is 0 Å². The number of aliphatic carboxylic acids is 1. The third-order valence-corrected chi connectivity index (χ3v) is 6.10. The fourth-order valence-electron chi connectivity index (χ4n) is 4.59. The van der Waals surface area contributed by atoms with Crippen molar-refractivity contribution in [3.05, 3.63) is 95.1 Å². The Labute approximate surface area is 210 Å². The lowest BCUT2D eigenvalue weighted by Gasteiger charge is -2.34. The lowest BCUT2D eigenvalue weighted by atomic mass is 9.98. The average molecular weight is 488 g/mol. The summed E-state index contributed by atoms with van der Waals surface area (Å²) in [4.78, 5) is 39.3. The molecule has 3 aromatic rings. The molecule has 1 aliphatic carbocycles. The maximum absolute atomic E-state index is 13.1. The van der Waals surface area contributed by atoms with Crippen LogP contribution in [0.15, 0.2) is 72.8 Å². The number of benzene rings is 3. The number of esters is 1. The highest BCUT2D eigenvalue weighted by Crippen LogP contribution is 2.47. The van der Waals surface area contributed by atoms with Gasteiger partial charge in [0.1, 0.15) is 11.6 Å². The lowest BCUT2D eigenvalue weighted by Crippen LogP contribution is -2.48. The molecule has 1 aliphatic rings. The van der Waals surface area contributed by atoms with Crippen LogP contribution in [0, 0.1) is 0 Å². The molecule has 0 heterocycles. The van der Waals surface area contributed by atoms with Crippen LogP contribution in [0.4, 0.5) is 4.79 Å². The molecule has 1 atom stereocenters. The molecule has 0 bridgehead atoms. The molecule has 0 radical (unpaired) electrons. The zero-order valence-corrected chi connectivity index (χ0v) is 20.7. The standard InChI is InChI=1S/C29H29NO6/c1-29(2,3)36-27(33)19-15-13-18(14-16-19)17-24(26(31)32)30(28(34)35-4)25-22-11-7-5-9-20(22)21-10-6-8-12-23(21)25/h5-16,24-25H,17H2,1-4H3,(H,31,32). The minimum absolute atomic E-state index is 0.0276. The second-order valence-electron chi connectivity index (χ2n) is 9.71. The van der Waals surface area contributed by atoms with Crippen molar-refractivity contribution in [3.63, 3.8) is 0 Å². The van der Waals surface area contributed by atoms with Crippen LogP contribution in [0.3, 0.4) is 0 Å². The summed E-state index contributed by atoms with van der Waals surface area (Å²) in [5, 5.41) is 10.3. The Kier molecular flexibility index (Phi) is 6.84. The van der Waals surface area contributed by atoms with Crippen LogP contribution < -0.4 is 0 Å². The Balaban J connectivity index is 1.70. The fraction of sp³-hybridized carbons (Fsp3) is 0.276. The molecule has 0 aromatic heterocycles. The van der Waals surface area contributed by atoms with Crippen molar-refractivity contribution in [1.29, 1.82) is 0 Å². The van der Waals surface area contributed by atoms with Gasteiger partial charge in [-0.15, -0.1) is 0 Å². The molecular weight excluding hydrogens is 458 g/mol. The van der Waals surface area contributed by atoms with Crippen LogP contribution in [-0.4, -0.2) is 46.8 Å². The van der Waals surface area contributed by atoms with Gasteiger partial charge in [0.2, 0.25) is 0 Å². The molecule has 0 aliphatic heterocycles. The van der Waals surface area contributed by atoms with Gasteiger partial charge in [0.15, 0.2) is 0 Å². The summed E-state index contributed by atoms with van der Waals surface area (Å²) in [6.07, 6.45) is -0.705. The maximum atomic E-state index is 13.1. The monoisotopic (exact) mass is 487 g/mol. The maximum Gasteiger partial charge on any atom is 0.411 e. The number of amides is 1. The smallest absolute Gasteiger partial charge is 0.411 e. The van der Waals surface area contributed by atoms with Gasteiger partial charge in [-0.3, -0.25) is 4.90 Å². The van der Waals surface area contributed by atoms with E-state index in [1.807, 2.05) is 48.5 Å². The van der Waals surface area contributed by atoms with E-state index < -0.39 is 35.7 Å². The molecule has 7 heteroatoms. The summed E-state index contributed by atoms with van der Waals surface area (Å²) in [5.41, 5.74) is 3.99. The Morgan fingerprint density at radius 2 is 1.42 bits per heavy atom. The van der Waals surface area contributed by atoms with Gasteiger partial charge in [-0.1, -0.05) is 60.7 Å². The molecule has 186 valence electrons. The normalized spacial score (nSPS) is 13.3. The first-order chi connectivity index (χ1) is 17.1. The van der Waals surface area contributed by atoms with E-state index in [9.17, 15) is 19.5 Å². The zero-order chi connectivity index (χ0) is 26.0. The number of hydrogen-bond acceptors (Lipinski definition) is 5. The molecule has 1 N–H and O–H groups in total. The predicted molar refractivity (Wildman–Crippen MR) is 135 cm³/mol. The first-order valence-corrected chi connectivity index (χ1v) is 11.7. The highest BCUT2D eigenvalue weighted by Gasteiger charge is 2.42. The van der Waals surface area contributed by atoms with Crippen LogP contribution in [-0.2, 0) is 20.7 Å². The van der Waals surface area contributed by atoms with Crippen molar-refractivity contribution in [3.8, 4) is 11.1 Å². The van der Waals surface area contributed by atoms with E-state index in [0.29, 0.717) is 11.1 Å². The number of carboxylic acid groups (broad SMARTS) is 1. The topological polar surface area (TPSA) is 93.1 Å². The van der Waals surface area contributed by atoms with Crippen molar-refractivity contribution in [1.82, 2.24) is 4.90 Å². The third-order valence-electron chi connectivity index (χ3n) is 6.10. The second-order valence-corrected chi connectivity index (χ2v) is 9.71. The average Bonchev–Trinajstić information content (AvgIpc) is 3.17. The van der Waals surface area contributed by atoms with Gasteiger partial charge in [-0.05, 0) is 60.7 Å². The summed E-state index contributed by atoms with van der Waals surface area (Å²) >= 11 is 0. The van der Waals surface area contributed by atoms with E-state index in [-0.39, 0.29) is 6.42 Å². The summed E-state index contributed by atoms with van der Waals surface area (Å²) in [7, 11) is 1.25. The number of hydrogen-bond donors (Lipinski definition) is 1. The van der Waals surface area contributed by atoms with E-state index in [1.54, 1.807) is 45.0 Å². The molecule has 0 spiro atoms. The minimum atomic E-state index is -1.21. The lowest BCUT2D eigenvalue weighted by molar-refractivity contribution is -0.143. The first kappa shape index (κ1) is 25.0. The molecule has 3 aromatic carbocycles. The summed E-state index contributed by atoms with van der Waals surface area (Å²) in [5.74, 6) is -1.61. The van der Waals surface area contributed by atoms with Gasteiger partial charge >= 0.3 is 18.0 Å². The quantitative estimate of drug-likeness (QED) is 0.463. The molecule has 0 saturated heterocycles. The Morgan fingerprint density at radius 1 is 0.889 bits per heavy atom. The number of carbonyl (C=O) groups is 3. The number of ether oxygens (including phenoxy) is 2. The Morgan fingerprint density at radius 3 is 1.89 bits per heavy atom. The van der Waals surface area contributed by atoms with Crippen molar-refractivity contribution < 1.29 is 29.0 Å². The van der Waals surface area contributed by atoms with Crippen LogP contribution in [0.2, 0.25) is 0 Å². The predicted octanol–water partition coefficient (Wildman–Crippen LogP) is 5.48. The number of fused-ring (bicyclic) bond motifs is 3. The molecule has 4 rings (SSSR count). The summed E-state index contributed by atoms with van der Waals surface area (Å²) in [6, 6.07) is 20.1. The summed E-state index contributed by atoms with van der Waals surface area (Å²) < 4.78 is 10.5. The van der Waals surface area contributed by atoms with Gasteiger partial charge in [0.25, 0.3) is 0 Å². The van der Waals surface area contributed by atoms with E-state index in [0.717, 1.165) is 22.3 Å². The molecule has 0 saturated carbocycles. The fourth-order valence-corrected chi connectivity index (χ4v) is 4.59. The van der Waals surface area contributed by atoms with Gasteiger partial charge in [-0.25, -0.2) is 14.4 Å². The molecule has 0 fully saturated rings.